The molecular weight excluding hydrogens is 226 g/mol. The van der Waals surface area contributed by atoms with Crippen LogP contribution in [0.25, 0.3) is 0 Å². The van der Waals surface area contributed by atoms with Gasteiger partial charge in [-0.3, -0.25) is 4.79 Å². The number of nitrogens with one attached hydrogen (secondary N) is 2. The van der Waals surface area contributed by atoms with Crippen molar-refractivity contribution in [3.8, 4) is 0 Å². The normalized spacial score (nSPS) is 23.9. The summed E-state index contributed by atoms with van der Waals surface area (Å²) < 4.78 is 0. The van der Waals surface area contributed by atoms with Crippen LogP contribution in [-0.4, -0.2) is 50.1 Å². The average Bonchev–Trinajstić information content (AvgIpc) is 3.16. The molecule has 2 N–H and O–H groups in total. The molecule has 0 aromatic heterocycles. The topological polar surface area (TPSA) is 44.4 Å². The number of piperidine rings is 1. The van der Waals surface area contributed by atoms with E-state index in [0.717, 1.165) is 38.4 Å². The van der Waals surface area contributed by atoms with Crippen LogP contribution in [0, 0.1) is 11.8 Å². The molecule has 1 heterocycles. The van der Waals surface area contributed by atoms with Gasteiger partial charge in [-0.1, -0.05) is 6.92 Å². The summed E-state index contributed by atoms with van der Waals surface area (Å²) in [6.07, 6.45) is 5.09. The van der Waals surface area contributed by atoms with Gasteiger partial charge in [0.25, 0.3) is 0 Å². The standard InChI is InChI=1S/C14H27N3O/c1-11(9-15-2)14(18)16-13-5-7-17(8-6-13)10-12-3-4-12/h11-13,15H,3-10H2,1-2H3,(H,16,18). The third kappa shape index (κ3) is 4.25. The van der Waals surface area contributed by atoms with Crippen LogP contribution in [0.3, 0.4) is 0 Å². The Hall–Kier alpha value is -0.610. The largest absolute Gasteiger partial charge is 0.353 e. The predicted octanol–water partition coefficient (Wildman–Crippen LogP) is 0.833. The summed E-state index contributed by atoms with van der Waals surface area (Å²) in [7, 11) is 1.89. The first kappa shape index (κ1) is 13.8. The zero-order chi connectivity index (χ0) is 13.0. The molecule has 2 rings (SSSR count). The Kier molecular flexibility index (Phi) is 5.01. The van der Waals surface area contributed by atoms with Gasteiger partial charge in [-0.2, -0.15) is 0 Å². The van der Waals surface area contributed by atoms with Gasteiger partial charge >= 0.3 is 0 Å². The monoisotopic (exact) mass is 253 g/mol. The molecule has 0 radical (unpaired) electrons. The molecule has 2 fully saturated rings. The third-order valence-electron chi connectivity index (χ3n) is 4.11. The van der Waals surface area contributed by atoms with E-state index < -0.39 is 0 Å². The lowest BCUT2D eigenvalue weighted by atomic mass is 10.0. The van der Waals surface area contributed by atoms with E-state index in [1.54, 1.807) is 0 Å². The smallest absolute Gasteiger partial charge is 0.224 e. The van der Waals surface area contributed by atoms with Crippen molar-refractivity contribution < 1.29 is 4.79 Å². The molecule has 2 aliphatic rings. The second-order valence-corrected chi connectivity index (χ2v) is 5.99. The van der Waals surface area contributed by atoms with Crippen molar-refractivity contribution in [1.82, 2.24) is 15.5 Å². The van der Waals surface area contributed by atoms with E-state index in [4.69, 9.17) is 0 Å². The van der Waals surface area contributed by atoms with Crippen molar-refractivity contribution in [2.45, 2.75) is 38.6 Å². The van der Waals surface area contributed by atoms with Crippen LogP contribution in [-0.2, 0) is 4.79 Å². The highest BCUT2D eigenvalue weighted by Gasteiger charge is 2.27. The minimum atomic E-state index is 0.0690. The molecule has 1 saturated heterocycles. The fourth-order valence-corrected chi connectivity index (χ4v) is 2.67. The van der Waals surface area contributed by atoms with Crippen molar-refractivity contribution in [3.63, 3.8) is 0 Å². The van der Waals surface area contributed by atoms with Crippen molar-refractivity contribution in [2.24, 2.45) is 11.8 Å². The summed E-state index contributed by atoms with van der Waals surface area (Å²) in [4.78, 5) is 14.5. The van der Waals surface area contributed by atoms with E-state index in [1.807, 2.05) is 14.0 Å². The first-order chi connectivity index (χ1) is 8.69. The lowest BCUT2D eigenvalue weighted by molar-refractivity contribution is -0.125. The number of carbonyl (C=O) groups is 1. The van der Waals surface area contributed by atoms with Gasteiger partial charge in [0.15, 0.2) is 0 Å². The molecule has 1 unspecified atom stereocenters. The van der Waals surface area contributed by atoms with Crippen LogP contribution >= 0.6 is 0 Å². The van der Waals surface area contributed by atoms with E-state index in [0.29, 0.717) is 6.04 Å². The summed E-state index contributed by atoms with van der Waals surface area (Å²) in [6.45, 7) is 6.33. The van der Waals surface area contributed by atoms with E-state index >= 15 is 0 Å². The number of nitrogens with zero attached hydrogens (tertiary/aromatic N) is 1. The maximum absolute atomic E-state index is 11.9. The molecule has 1 saturated carbocycles. The van der Waals surface area contributed by atoms with Gasteiger partial charge in [0.2, 0.25) is 5.91 Å². The molecule has 0 bridgehead atoms. The maximum atomic E-state index is 11.9. The van der Waals surface area contributed by atoms with Gasteiger partial charge in [-0.25, -0.2) is 0 Å². The number of carbonyl (C=O) groups excluding carboxylic acids is 1. The highest BCUT2D eigenvalue weighted by Crippen LogP contribution is 2.30. The second-order valence-electron chi connectivity index (χ2n) is 5.99. The Morgan fingerprint density at radius 2 is 1.94 bits per heavy atom. The molecule has 0 spiro atoms. The molecular formula is C14H27N3O. The van der Waals surface area contributed by atoms with Gasteiger partial charge in [0.1, 0.15) is 0 Å². The fourth-order valence-electron chi connectivity index (χ4n) is 2.67. The Morgan fingerprint density at radius 1 is 1.28 bits per heavy atom. The van der Waals surface area contributed by atoms with Crippen LogP contribution < -0.4 is 10.6 Å². The first-order valence-electron chi connectivity index (χ1n) is 7.36. The van der Waals surface area contributed by atoms with E-state index in [2.05, 4.69) is 15.5 Å². The zero-order valence-corrected chi connectivity index (χ0v) is 11.7. The van der Waals surface area contributed by atoms with E-state index in [9.17, 15) is 4.79 Å². The molecule has 0 aromatic carbocycles. The summed E-state index contributed by atoms with van der Waals surface area (Å²) in [5.74, 6) is 1.25. The summed E-state index contributed by atoms with van der Waals surface area (Å²) in [5, 5.41) is 6.24. The third-order valence-corrected chi connectivity index (χ3v) is 4.11. The SMILES string of the molecule is CNCC(C)C(=O)NC1CCN(CC2CC2)CC1. The second kappa shape index (κ2) is 6.53. The fraction of sp³-hybridized carbons (Fsp3) is 0.929. The van der Waals surface area contributed by atoms with Crippen LogP contribution in [0.15, 0.2) is 0 Å². The highest BCUT2D eigenvalue weighted by atomic mass is 16.1. The summed E-state index contributed by atoms with van der Waals surface area (Å²) >= 11 is 0. The molecule has 1 aliphatic heterocycles. The van der Waals surface area contributed by atoms with E-state index in [1.165, 1.54) is 19.4 Å². The molecule has 104 valence electrons. The lowest BCUT2D eigenvalue weighted by Gasteiger charge is -2.32. The lowest BCUT2D eigenvalue weighted by Crippen LogP contribution is -2.47. The van der Waals surface area contributed by atoms with Crippen LogP contribution in [0.5, 0.6) is 0 Å². The average molecular weight is 253 g/mol. The summed E-state index contributed by atoms with van der Waals surface area (Å²) in [5.41, 5.74) is 0. The number of amides is 1. The Bertz CT molecular complexity index is 270. The van der Waals surface area contributed by atoms with Gasteiger partial charge in [-0.15, -0.1) is 0 Å². The Labute approximate surface area is 110 Å². The predicted molar refractivity (Wildman–Crippen MR) is 73.4 cm³/mol. The Balaban J connectivity index is 1.64. The van der Waals surface area contributed by atoms with Crippen molar-refractivity contribution >= 4 is 5.91 Å². The van der Waals surface area contributed by atoms with Gasteiger partial charge in [0, 0.05) is 38.1 Å². The molecule has 1 aliphatic carbocycles. The number of likely N-dealkylation sites (tertiary alicyclic amines) is 1. The van der Waals surface area contributed by atoms with Gasteiger partial charge in [-0.05, 0) is 38.6 Å². The van der Waals surface area contributed by atoms with E-state index in [-0.39, 0.29) is 11.8 Å². The quantitative estimate of drug-likeness (QED) is 0.737. The van der Waals surface area contributed by atoms with Crippen molar-refractivity contribution in [1.29, 1.82) is 0 Å². The van der Waals surface area contributed by atoms with Crippen molar-refractivity contribution in [3.05, 3.63) is 0 Å². The molecule has 4 heteroatoms. The van der Waals surface area contributed by atoms with Crippen LogP contribution in [0.1, 0.15) is 32.6 Å². The highest BCUT2D eigenvalue weighted by molar-refractivity contribution is 5.78. The minimum Gasteiger partial charge on any atom is -0.353 e. The molecule has 18 heavy (non-hydrogen) atoms. The molecule has 1 atom stereocenters. The van der Waals surface area contributed by atoms with Crippen molar-refractivity contribution in [2.75, 3.05) is 33.2 Å². The minimum absolute atomic E-state index is 0.0690. The number of hydrogen-bond donors (Lipinski definition) is 2. The Morgan fingerprint density at radius 3 is 2.50 bits per heavy atom. The molecule has 1 amide bonds. The molecule has 4 nitrogen and oxygen atoms in total. The summed E-state index contributed by atoms with van der Waals surface area (Å²) in [6, 6.07) is 0.396. The first-order valence-corrected chi connectivity index (χ1v) is 7.36. The molecule has 0 aromatic rings. The maximum Gasteiger partial charge on any atom is 0.224 e. The zero-order valence-electron chi connectivity index (χ0n) is 11.7. The van der Waals surface area contributed by atoms with Crippen LogP contribution in [0.4, 0.5) is 0 Å². The number of rotatable bonds is 6. The van der Waals surface area contributed by atoms with Gasteiger partial charge in [0.05, 0.1) is 0 Å². The van der Waals surface area contributed by atoms with Gasteiger partial charge < -0.3 is 15.5 Å². The van der Waals surface area contributed by atoms with Crippen LogP contribution in [0.2, 0.25) is 0 Å². The number of hydrogen-bond acceptors (Lipinski definition) is 3.